The van der Waals surface area contributed by atoms with Crippen molar-refractivity contribution in [2.75, 3.05) is 26.4 Å². The minimum Gasteiger partial charge on any atom is -0.355 e. The molecule has 0 saturated carbocycles. The zero-order valence-electron chi connectivity index (χ0n) is 13.7. The number of rotatable bonds is 6. The second-order valence-electron chi connectivity index (χ2n) is 5.15. The van der Waals surface area contributed by atoms with Gasteiger partial charge in [0.25, 0.3) is 0 Å². The van der Waals surface area contributed by atoms with Crippen LogP contribution in [0.3, 0.4) is 0 Å². The summed E-state index contributed by atoms with van der Waals surface area (Å²) in [4.78, 5) is 7.41. The van der Waals surface area contributed by atoms with Gasteiger partial charge in [-0.2, -0.15) is 5.10 Å². The Bertz CT molecular complexity index is 638. The topological polar surface area (TPSA) is 45.5 Å². The van der Waals surface area contributed by atoms with Gasteiger partial charge in [0.05, 0.1) is 6.20 Å². The largest absolute Gasteiger partial charge is 0.355 e. The summed E-state index contributed by atoms with van der Waals surface area (Å²) in [5.41, 5.74) is 1.14. The molecule has 0 fully saturated rings. The number of hydrogen-bond acceptors (Lipinski definition) is 3. The van der Waals surface area contributed by atoms with Gasteiger partial charge in [0.2, 0.25) is 0 Å². The second kappa shape index (κ2) is 8.57. The number of guanidine groups is 1. The van der Waals surface area contributed by atoms with Crippen molar-refractivity contribution in [3.05, 3.63) is 48.0 Å². The summed E-state index contributed by atoms with van der Waals surface area (Å²) in [7, 11) is 5.67. The molecule has 0 spiro atoms. The first-order valence-electron chi connectivity index (χ1n) is 7.36. The van der Waals surface area contributed by atoms with Gasteiger partial charge < -0.3 is 10.2 Å². The van der Waals surface area contributed by atoms with Crippen LogP contribution in [0.5, 0.6) is 0 Å². The summed E-state index contributed by atoms with van der Waals surface area (Å²) in [5.74, 6) is 1.52. The van der Waals surface area contributed by atoms with Crippen molar-refractivity contribution in [3.63, 3.8) is 0 Å². The van der Waals surface area contributed by atoms with Crippen molar-refractivity contribution < 1.29 is 4.39 Å². The Morgan fingerprint density at radius 2 is 2.13 bits per heavy atom. The third-order valence-electron chi connectivity index (χ3n) is 3.22. The lowest BCUT2D eigenvalue weighted by Crippen LogP contribution is -2.39. The molecule has 124 valence electrons. The number of thioether (sulfide) groups is 1. The van der Waals surface area contributed by atoms with Gasteiger partial charge in [-0.05, 0) is 24.3 Å². The molecule has 0 saturated heterocycles. The van der Waals surface area contributed by atoms with Crippen LogP contribution < -0.4 is 5.32 Å². The Labute approximate surface area is 140 Å². The average molecular weight is 335 g/mol. The number of aromatic nitrogens is 2. The molecule has 0 aliphatic heterocycles. The van der Waals surface area contributed by atoms with E-state index in [2.05, 4.69) is 20.3 Å². The van der Waals surface area contributed by atoms with E-state index in [-0.39, 0.29) is 5.82 Å². The molecule has 0 amide bonds. The fraction of sp³-hybridized carbons (Fsp3) is 0.375. The smallest absolute Gasteiger partial charge is 0.193 e. The highest BCUT2D eigenvalue weighted by Gasteiger charge is 2.07. The predicted octanol–water partition coefficient (Wildman–Crippen LogP) is 2.36. The van der Waals surface area contributed by atoms with Gasteiger partial charge in [-0.25, -0.2) is 4.39 Å². The molecule has 0 aliphatic carbocycles. The van der Waals surface area contributed by atoms with Gasteiger partial charge in [0.15, 0.2) is 5.96 Å². The quantitative estimate of drug-likeness (QED) is 0.381. The fourth-order valence-electron chi connectivity index (χ4n) is 2.15. The number of aryl methyl sites for hydroxylation is 1. The second-order valence-corrected chi connectivity index (χ2v) is 6.32. The van der Waals surface area contributed by atoms with E-state index in [0.29, 0.717) is 0 Å². The molecule has 0 aliphatic rings. The number of hydrogen-bond donors (Lipinski definition) is 1. The zero-order valence-corrected chi connectivity index (χ0v) is 14.5. The van der Waals surface area contributed by atoms with Crippen LogP contribution in [0.25, 0.3) is 0 Å². The summed E-state index contributed by atoms with van der Waals surface area (Å²) in [5, 5.41) is 7.50. The molecule has 23 heavy (non-hydrogen) atoms. The van der Waals surface area contributed by atoms with Gasteiger partial charge in [-0.15, -0.1) is 11.8 Å². The number of nitrogens with zero attached hydrogens (tertiary/aromatic N) is 4. The van der Waals surface area contributed by atoms with Gasteiger partial charge in [0.1, 0.15) is 5.82 Å². The van der Waals surface area contributed by atoms with Crippen LogP contribution in [0.4, 0.5) is 4.39 Å². The summed E-state index contributed by atoms with van der Waals surface area (Å²) < 4.78 is 14.6. The third-order valence-corrected chi connectivity index (χ3v) is 4.23. The van der Waals surface area contributed by atoms with E-state index in [0.717, 1.165) is 35.3 Å². The Morgan fingerprint density at radius 3 is 2.74 bits per heavy atom. The van der Waals surface area contributed by atoms with Crippen molar-refractivity contribution in [2.45, 2.75) is 11.4 Å². The zero-order chi connectivity index (χ0) is 16.7. The van der Waals surface area contributed by atoms with E-state index in [9.17, 15) is 4.39 Å². The van der Waals surface area contributed by atoms with Crippen molar-refractivity contribution in [3.8, 4) is 0 Å². The molecular weight excluding hydrogens is 313 g/mol. The summed E-state index contributed by atoms with van der Waals surface area (Å²) in [6, 6.07) is 6.55. The highest BCUT2D eigenvalue weighted by molar-refractivity contribution is 7.99. The molecule has 2 rings (SSSR count). The monoisotopic (exact) mass is 335 g/mol. The van der Waals surface area contributed by atoms with Crippen LogP contribution in [0.15, 0.2) is 46.5 Å². The van der Waals surface area contributed by atoms with Crippen LogP contribution in [0.2, 0.25) is 0 Å². The lowest BCUT2D eigenvalue weighted by Gasteiger charge is -2.21. The summed E-state index contributed by atoms with van der Waals surface area (Å²) in [6.45, 7) is 1.53. The Balaban J connectivity index is 1.75. The normalized spacial score (nSPS) is 11.6. The number of aliphatic imine (C=N–C) groups is 1. The lowest BCUT2D eigenvalue weighted by molar-refractivity contribution is 0.479. The van der Waals surface area contributed by atoms with E-state index in [4.69, 9.17) is 0 Å². The first-order valence-corrected chi connectivity index (χ1v) is 8.34. The van der Waals surface area contributed by atoms with Crippen molar-refractivity contribution >= 4 is 17.7 Å². The lowest BCUT2D eigenvalue weighted by atomic mass is 10.3. The molecule has 0 atom stereocenters. The fourth-order valence-corrected chi connectivity index (χ4v) is 2.92. The first-order chi connectivity index (χ1) is 11.1. The van der Waals surface area contributed by atoms with Gasteiger partial charge >= 0.3 is 0 Å². The van der Waals surface area contributed by atoms with Crippen molar-refractivity contribution in [1.82, 2.24) is 20.0 Å². The Hall–Kier alpha value is -2.02. The molecular formula is C16H22FN5S. The highest BCUT2D eigenvalue weighted by Crippen LogP contribution is 2.17. The van der Waals surface area contributed by atoms with Crippen LogP contribution >= 0.6 is 11.8 Å². The average Bonchev–Trinajstić information content (AvgIpc) is 2.94. The molecule has 1 aromatic carbocycles. The van der Waals surface area contributed by atoms with Crippen LogP contribution in [-0.2, 0) is 13.6 Å². The SMILES string of the molecule is CN=C(NCCSc1ccc(F)cc1)N(C)Cc1cnn(C)c1. The third kappa shape index (κ3) is 5.59. The Kier molecular flexibility index (Phi) is 6.46. The van der Waals surface area contributed by atoms with Gasteiger partial charge in [-0.1, -0.05) is 0 Å². The molecule has 0 unspecified atom stereocenters. The van der Waals surface area contributed by atoms with E-state index in [1.807, 2.05) is 26.5 Å². The molecule has 5 nitrogen and oxygen atoms in total. The van der Waals surface area contributed by atoms with Gasteiger partial charge in [-0.3, -0.25) is 9.67 Å². The van der Waals surface area contributed by atoms with E-state index in [1.54, 1.807) is 35.6 Å². The van der Waals surface area contributed by atoms with Crippen molar-refractivity contribution in [1.29, 1.82) is 0 Å². The molecule has 1 aromatic heterocycles. The number of benzene rings is 1. The molecule has 2 aromatic rings. The summed E-state index contributed by atoms with van der Waals surface area (Å²) >= 11 is 1.68. The Morgan fingerprint density at radius 1 is 1.39 bits per heavy atom. The molecule has 7 heteroatoms. The highest BCUT2D eigenvalue weighted by atomic mass is 32.2. The maximum atomic E-state index is 12.8. The molecule has 0 bridgehead atoms. The summed E-state index contributed by atoms with van der Waals surface area (Å²) in [6.07, 6.45) is 3.85. The van der Waals surface area contributed by atoms with Crippen LogP contribution in [-0.4, -0.2) is 47.0 Å². The minimum absolute atomic E-state index is 0.204. The van der Waals surface area contributed by atoms with E-state index < -0.39 is 0 Å². The van der Waals surface area contributed by atoms with E-state index in [1.165, 1.54) is 12.1 Å². The van der Waals surface area contributed by atoms with E-state index >= 15 is 0 Å². The maximum Gasteiger partial charge on any atom is 0.193 e. The minimum atomic E-state index is -0.204. The van der Waals surface area contributed by atoms with Gasteiger partial charge in [0, 0.05) is 56.6 Å². The van der Waals surface area contributed by atoms with Crippen LogP contribution in [0, 0.1) is 5.82 Å². The standard InChI is InChI=1S/C16H22FN5S/c1-18-16(21(2)11-13-10-20-22(3)12-13)19-8-9-23-15-6-4-14(17)5-7-15/h4-7,10,12H,8-9,11H2,1-3H3,(H,18,19). The molecule has 1 N–H and O–H groups in total. The molecule has 1 heterocycles. The number of halogens is 1. The van der Waals surface area contributed by atoms with Crippen molar-refractivity contribution in [2.24, 2.45) is 12.0 Å². The maximum absolute atomic E-state index is 12.8. The first kappa shape index (κ1) is 17.3. The molecule has 0 radical (unpaired) electrons. The number of nitrogens with one attached hydrogen (secondary N) is 1. The predicted molar refractivity (Wildman–Crippen MR) is 93.2 cm³/mol. The van der Waals surface area contributed by atoms with Crippen LogP contribution in [0.1, 0.15) is 5.56 Å².